The third-order valence-electron chi connectivity index (χ3n) is 2.90. The lowest BCUT2D eigenvalue weighted by atomic mass is 10.1. The third kappa shape index (κ3) is 2.04. The zero-order valence-corrected chi connectivity index (χ0v) is 10.0. The molecular formula is C13H14N2O3. The molecule has 0 saturated heterocycles. The molecule has 0 saturated carbocycles. The van der Waals surface area contributed by atoms with Gasteiger partial charge in [-0.3, -0.25) is 4.68 Å². The number of aliphatic hydroxyl groups excluding tert-OH is 1. The zero-order valence-electron chi connectivity index (χ0n) is 10.0. The highest BCUT2D eigenvalue weighted by molar-refractivity contribution is 5.44. The molecule has 0 bridgehead atoms. The molecule has 1 aromatic heterocycles. The summed E-state index contributed by atoms with van der Waals surface area (Å²) in [5.74, 6) is 1.41. The largest absolute Gasteiger partial charge is 0.490 e. The van der Waals surface area contributed by atoms with E-state index in [1.54, 1.807) is 10.7 Å². The van der Waals surface area contributed by atoms with Crippen molar-refractivity contribution in [2.75, 3.05) is 6.61 Å². The fourth-order valence-corrected chi connectivity index (χ4v) is 1.96. The molecule has 0 radical (unpaired) electrons. The van der Waals surface area contributed by atoms with E-state index in [4.69, 9.17) is 9.47 Å². The fraction of sp³-hybridized carbons (Fsp3) is 0.308. The molecule has 1 aromatic carbocycles. The van der Waals surface area contributed by atoms with Gasteiger partial charge in [-0.25, -0.2) is 0 Å². The molecule has 2 heterocycles. The molecule has 94 valence electrons. The summed E-state index contributed by atoms with van der Waals surface area (Å²) in [5.41, 5.74) is 1.69. The van der Waals surface area contributed by atoms with Crippen molar-refractivity contribution in [3.63, 3.8) is 0 Å². The van der Waals surface area contributed by atoms with Gasteiger partial charge in [-0.1, -0.05) is 0 Å². The molecule has 18 heavy (non-hydrogen) atoms. The Morgan fingerprint density at radius 2 is 2.39 bits per heavy atom. The highest BCUT2D eigenvalue weighted by atomic mass is 16.5. The number of hydrogen-bond donors (Lipinski definition) is 1. The van der Waals surface area contributed by atoms with Crippen LogP contribution >= 0.6 is 0 Å². The molecule has 0 amide bonds. The van der Waals surface area contributed by atoms with Gasteiger partial charge in [0.05, 0.1) is 5.69 Å². The molecular weight excluding hydrogens is 232 g/mol. The summed E-state index contributed by atoms with van der Waals surface area (Å²) in [4.78, 5) is 0. The molecule has 5 heteroatoms. The summed E-state index contributed by atoms with van der Waals surface area (Å²) in [7, 11) is 1.87. The summed E-state index contributed by atoms with van der Waals surface area (Å²) < 4.78 is 12.7. The normalized spacial score (nSPS) is 17.3. The summed E-state index contributed by atoms with van der Waals surface area (Å²) in [6, 6.07) is 7.38. The van der Waals surface area contributed by atoms with Gasteiger partial charge in [0.2, 0.25) is 0 Å². The van der Waals surface area contributed by atoms with Gasteiger partial charge in [0.1, 0.15) is 30.8 Å². The molecule has 3 rings (SSSR count). The van der Waals surface area contributed by atoms with E-state index in [9.17, 15) is 5.11 Å². The predicted molar refractivity (Wildman–Crippen MR) is 64.4 cm³/mol. The van der Waals surface area contributed by atoms with Crippen molar-refractivity contribution in [1.82, 2.24) is 9.78 Å². The van der Waals surface area contributed by atoms with Crippen molar-refractivity contribution in [3.8, 4) is 11.5 Å². The summed E-state index contributed by atoms with van der Waals surface area (Å²) in [6.45, 7) is 0.737. The van der Waals surface area contributed by atoms with Crippen molar-refractivity contribution in [2.24, 2.45) is 7.05 Å². The van der Waals surface area contributed by atoms with Crippen LogP contribution in [0.3, 0.4) is 0 Å². The monoisotopic (exact) mass is 246 g/mol. The van der Waals surface area contributed by atoms with Crippen LogP contribution in [0.5, 0.6) is 11.5 Å². The van der Waals surface area contributed by atoms with Gasteiger partial charge in [0.15, 0.2) is 0 Å². The van der Waals surface area contributed by atoms with E-state index in [0.717, 1.165) is 11.3 Å². The number of nitrogens with zero attached hydrogens (tertiary/aromatic N) is 2. The summed E-state index contributed by atoms with van der Waals surface area (Å²) in [5, 5.41) is 13.8. The molecule has 1 atom stereocenters. The topological polar surface area (TPSA) is 56.5 Å². The molecule has 0 aliphatic carbocycles. The number of aromatic nitrogens is 2. The number of ether oxygens (including phenoxy) is 2. The molecule has 0 spiro atoms. The van der Waals surface area contributed by atoms with Gasteiger partial charge in [0, 0.05) is 24.9 Å². The lowest BCUT2D eigenvalue weighted by Gasteiger charge is -2.06. The Bertz CT molecular complexity index is 565. The number of rotatable bonds is 3. The predicted octanol–water partition coefficient (Wildman–Crippen LogP) is 1.42. The van der Waals surface area contributed by atoms with Crippen LogP contribution in [-0.2, 0) is 13.7 Å². The Morgan fingerprint density at radius 1 is 1.50 bits per heavy atom. The van der Waals surface area contributed by atoms with Crippen molar-refractivity contribution in [2.45, 2.75) is 12.7 Å². The molecule has 0 fully saturated rings. The molecule has 2 aromatic rings. The first-order chi connectivity index (χ1) is 8.72. The summed E-state index contributed by atoms with van der Waals surface area (Å²) >= 11 is 0. The maximum atomic E-state index is 9.60. The van der Waals surface area contributed by atoms with E-state index in [-0.39, 0.29) is 0 Å². The van der Waals surface area contributed by atoms with Gasteiger partial charge >= 0.3 is 0 Å². The van der Waals surface area contributed by atoms with Crippen molar-refractivity contribution in [3.05, 3.63) is 41.7 Å². The highest BCUT2D eigenvalue weighted by Gasteiger charge is 2.21. The number of hydrogen-bond acceptors (Lipinski definition) is 4. The minimum atomic E-state index is -0.523. The van der Waals surface area contributed by atoms with Crippen LogP contribution in [0.4, 0.5) is 0 Å². The number of aryl methyl sites for hydroxylation is 1. The van der Waals surface area contributed by atoms with Crippen LogP contribution < -0.4 is 9.47 Å². The summed E-state index contributed by atoms with van der Waals surface area (Å²) in [6.07, 6.45) is 1.35. The van der Waals surface area contributed by atoms with Crippen molar-refractivity contribution < 1.29 is 14.6 Å². The quantitative estimate of drug-likeness (QED) is 0.890. The average Bonchev–Trinajstić information content (AvgIpc) is 2.94. The Hall–Kier alpha value is -2.01. The van der Waals surface area contributed by atoms with Gasteiger partial charge in [-0.05, 0) is 18.2 Å². The second-order valence-electron chi connectivity index (χ2n) is 4.30. The van der Waals surface area contributed by atoms with Crippen LogP contribution in [0.25, 0.3) is 0 Å². The van der Waals surface area contributed by atoms with Crippen LogP contribution in [0.1, 0.15) is 17.4 Å². The third-order valence-corrected chi connectivity index (χ3v) is 2.90. The van der Waals surface area contributed by atoms with Crippen molar-refractivity contribution in [1.29, 1.82) is 0 Å². The van der Waals surface area contributed by atoms with Crippen molar-refractivity contribution >= 4 is 0 Å². The standard InChI is InChI=1S/C13H14N2O3/c1-15-5-4-9(14-15)7-17-10-2-3-11-12(16)8-18-13(11)6-10/h2-6,12,16H,7-8H2,1H3. The molecule has 1 N–H and O–H groups in total. The molecule has 1 unspecified atom stereocenters. The molecule has 1 aliphatic heterocycles. The SMILES string of the molecule is Cn1ccc(COc2ccc3c(c2)OCC3O)n1. The smallest absolute Gasteiger partial charge is 0.132 e. The second kappa shape index (κ2) is 4.34. The first-order valence-electron chi connectivity index (χ1n) is 5.78. The lowest BCUT2D eigenvalue weighted by molar-refractivity contribution is 0.140. The van der Waals surface area contributed by atoms with Crippen LogP contribution in [0.15, 0.2) is 30.5 Å². The van der Waals surface area contributed by atoms with Gasteiger partial charge in [0.25, 0.3) is 0 Å². The van der Waals surface area contributed by atoms with E-state index in [0.29, 0.717) is 24.7 Å². The Balaban J connectivity index is 1.70. The Labute approximate surface area is 105 Å². The minimum Gasteiger partial charge on any atom is -0.490 e. The number of aliphatic hydroxyl groups is 1. The molecule has 1 aliphatic rings. The van der Waals surface area contributed by atoms with E-state index in [2.05, 4.69) is 5.10 Å². The Kier molecular flexibility index (Phi) is 2.68. The van der Waals surface area contributed by atoms with Crippen LogP contribution in [0.2, 0.25) is 0 Å². The average molecular weight is 246 g/mol. The Morgan fingerprint density at radius 3 is 3.17 bits per heavy atom. The number of benzene rings is 1. The van der Waals surface area contributed by atoms with E-state index in [1.807, 2.05) is 31.4 Å². The fourth-order valence-electron chi connectivity index (χ4n) is 1.96. The van der Waals surface area contributed by atoms with Gasteiger partial charge < -0.3 is 14.6 Å². The van der Waals surface area contributed by atoms with E-state index < -0.39 is 6.10 Å². The maximum Gasteiger partial charge on any atom is 0.132 e. The van der Waals surface area contributed by atoms with Crippen LogP contribution in [-0.4, -0.2) is 21.5 Å². The molecule has 5 nitrogen and oxygen atoms in total. The van der Waals surface area contributed by atoms with Crippen LogP contribution in [0, 0.1) is 0 Å². The highest BCUT2D eigenvalue weighted by Crippen LogP contribution is 2.35. The zero-order chi connectivity index (χ0) is 12.5. The number of fused-ring (bicyclic) bond motifs is 1. The van der Waals surface area contributed by atoms with E-state index >= 15 is 0 Å². The second-order valence-corrected chi connectivity index (χ2v) is 4.30. The van der Waals surface area contributed by atoms with Gasteiger partial charge in [-0.2, -0.15) is 5.10 Å². The van der Waals surface area contributed by atoms with Gasteiger partial charge in [-0.15, -0.1) is 0 Å². The maximum absolute atomic E-state index is 9.60. The first kappa shape index (κ1) is 11.1. The van der Waals surface area contributed by atoms with E-state index in [1.165, 1.54) is 0 Å². The first-order valence-corrected chi connectivity index (χ1v) is 5.78. The minimum absolute atomic E-state index is 0.318. The lowest BCUT2D eigenvalue weighted by Crippen LogP contribution is -1.98.